The molecule has 0 N–H and O–H groups in total. The number of anilines is 1. The van der Waals surface area contributed by atoms with Gasteiger partial charge in [0.05, 0.1) is 30.9 Å². The summed E-state index contributed by atoms with van der Waals surface area (Å²) in [7, 11) is 3.22. The quantitative estimate of drug-likeness (QED) is 0.495. The highest BCUT2D eigenvalue weighted by Gasteiger charge is 2.38. The largest absolute Gasteiger partial charge is 0.497 e. The van der Waals surface area contributed by atoms with Crippen molar-refractivity contribution in [2.24, 2.45) is 5.10 Å². The van der Waals surface area contributed by atoms with Crippen molar-refractivity contribution < 1.29 is 17.9 Å². The first-order chi connectivity index (χ1) is 16.2. The van der Waals surface area contributed by atoms with Gasteiger partial charge in [0, 0.05) is 37.8 Å². The number of hydrogen-bond donors (Lipinski definition) is 0. The minimum absolute atomic E-state index is 0.209. The second kappa shape index (κ2) is 9.38. The number of methoxy groups -OCH3 is 2. The highest BCUT2D eigenvalue weighted by atomic mass is 32.2. The van der Waals surface area contributed by atoms with E-state index >= 15 is 0 Å². The van der Waals surface area contributed by atoms with Crippen LogP contribution in [-0.2, 0) is 10.0 Å². The third kappa shape index (κ3) is 4.59. The number of aryl methyl sites for hydroxylation is 1. The third-order valence-electron chi connectivity index (χ3n) is 5.92. The number of benzene rings is 3. The van der Waals surface area contributed by atoms with Gasteiger partial charge in [0.25, 0.3) is 10.0 Å². The topological polar surface area (TPSA) is 71.4 Å². The van der Waals surface area contributed by atoms with E-state index in [1.165, 1.54) is 4.41 Å². The summed E-state index contributed by atoms with van der Waals surface area (Å²) in [6.45, 7) is 1.92. The zero-order chi connectivity index (χ0) is 24.5. The molecule has 1 aliphatic rings. The van der Waals surface area contributed by atoms with Crippen LogP contribution in [0.4, 0.5) is 5.69 Å². The lowest BCUT2D eigenvalue weighted by Crippen LogP contribution is -2.27. The second-order valence-corrected chi connectivity index (χ2v) is 10.2. The van der Waals surface area contributed by atoms with E-state index in [0.29, 0.717) is 23.6 Å². The van der Waals surface area contributed by atoms with Gasteiger partial charge in [-0.2, -0.15) is 17.9 Å². The lowest BCUT2D eigenvalue weighted by molar-refractivity contribution is 0.371. The SMILES string of the molecule is COc1cc(OC)cc(C2=NN(S(=O)(=O)c3ccc(C)cc3)C(c3ccc(N(C)C)cc3)C2)c1. The third-order valence-corrected chi connectivity index (χ3v) is 7.61. The van der Waals surface area contributed by atoms with Crippen LogP contribution < -0.4 is 14.4 Å². The minimum Gasteiger partial charge on any atom is -0.497 e. The van der Waals surface area contributed by atoms with Crippen molar-refractivity contribution in [3.8, 4) is 11.5 Å². The molecule has 1 unspecified atom stereocenters. The van der Waals surface area contributed by atoms with E-state index in [2.05, 4.69) is 5.10 Å². The van der Waals surface area contributed by atoms with Crippen LogP contribution in [0.2, 0.25) is 0 Å². The smallest absolute Gasteiger partial charge is 0.279 e. The summed E-state index contributed by atoms with van der Waals surface area (Å²) in [5.41, 5.74) is 4.30. The standard InChI is InChI=1S/C26H29N3O4S/c1-18-6-12-24(13-7-18)34(30,31)29-26(19-8-10-21(11-9-19)28(2)3)17-25(27-29)20-14-22(32-4)16-23(15-20)33-5/h6-16,26H,17H2,1-5H3. The lowest BCUT2D eigenvalue weighted by Gasteiger charge is -2.24. The van der Waals surface area contributed by atoms with Gasteiger partial charge in [-0.05, 0) is 48.9 Å². The molecule has 3 aromatic carbocycles. The average Bonchev–Trinajstić information content (AvgIpc) is 3.30. The fraction of sp³-hybridized carbons (Fsp3) is 0.269. The Morgan fingerprint density at radius 2 is 1.50 bits per heavy atom. The first-order valence-corrected chi connectivity index (χ1v) is 12.4. The van der Waals surface area contributed by atoms with E-state index in [4.69, 9.17) is 9.47 Å². The summed E-state index contributed by atoms with van der Waals surface area (Å²) in [5, 5.41) is 4.64. The summed E-state index contributed by atoms with van der Waals surface area (Å²) in [6.07, 6.45) is 0.419. The zero-order valence-electron chi connectivity index (χ0n) is 20.0. The molecule has 0 saturated heterocycles. The van der Waals surface area contributed by atoms with Crippen molar-refractivity contribution in [1.29, 1.82) is 0 Å². The monoisotopic (exact) mass is 479 g/mol. The molecule has 0 aliphatic carbocycles. The minimum atomic E-state index is -3.88. The first-order valence-electron chi connectivity index (χ1n) is 10.9. The molecular formula is C26H29N3O4S. The maximum atomic E-state index is 13.7. The van der Waals surface area contributed by atoms with Gasteiger partial charge in [-0.25, -0.2) is 0 Å². The first kappa shape index (κ1) is 23.6. The average molecular weight is 480 g/mol. The molecule has 0 amide bonds. The van der Waals surface area contributed by atoms with Crippen molar-refractivity contribution in [2.45, 2.75) is 24.3 Å². The van der Waals surface area contributed by atoms with Crippen LogP contribution in [0, 0.1) is 6.92 Å². The normalized spacial score (nSPS) is 15.7. The van der Waals surface area contributed by atoms with Gasteiger partial charge in [-0.1, -0.05) is 29.8 Å². The van der Waals surface area contributed by atoms with Gasteiger partial charge in [0.15, 0.2) is 0 Å². The molecule has 0 radical (unpaired) electrons. The van der Waals surface area contributed by atoms with E-state index in [9.17, 15) is 8.42 Å². The molecule has 7 nitrogen and oxygen atoms in total. The number of sulfonamides is 1. The molecule has 3 aromatic rings. The zero-order valence-corrected chi connectivity index (χ0v) is 20.8. The Kier molecular flexibility index (Phi) is 6.52. The molecule has 1 atom stereocenters. The number of ether oxygens (including phenoxy) is 2. The molecule has 1 aliphatic heterocycles. The summed E-state index contributed by atoms with van der Waals surface area (Å²) in [4.78, 5) is 2.21. The van der Waals surface area contributed by atoms with Gasteiger partial charge in [0.2, 0.25) is 0 Å². The lowest BCUT2D eigenvalue weighted by atomic mass is 9.98. The summed E-state index contributed by atoms with van der Waals surface area (Å²) >= 11 is 0. The fourth-order valence-electron chi connectivity index (χ4n) is 3.92. The van der Waals surface area contributed by atoms with Gasteiger partial charge < -0.3 is 14.4 Å². The van der Waals surface area contributed by atoms with E-state index in [0.717, 1.165) is 22.4 Å². The number of hydrazone groups is 1. The summed E-state index contributed by atoms with van der Waals surface area (Å²) < 4.78 is 39.4. The maximum absolute atomic E-state index is 13.7. The van der Waals surface area contributed by atoms with Gasteiger partial charge >= 0.3 is 0 Å². The van der Waals surface area contributed by atoms with Crippen molar-refractivity contribution in [2.75, 3.05) is 33.2 Å². The molecular weight excluding hydrogens is 450 g/mol. The summed E-state index contributed by atoms with van der Waals surface area (Å²) in [5.74, 6) is 1.23. The van der Waals surface area contributed by atoms with Crippen molar-refractivity contribution in [3.63, 3.8) is 0 Å². The Morgan fingerprint density at radius 1 is 0.912 bits per heavy atom. The Morgan fingerprint density at radius 3 is 2.03 bits per heavy atom. The van der Waals surface area contributed by atoms with Crippen LogP contribution >= 0.6 is 0 Å². The van der Waals surface area contributed by atoms with E-state index in [1.807, 2.05) is 62.3 Å². The molecule has 0 spiro atoms. The van der Waals surface area contributed by atoms with Crippen LogP contribution in [0.1, 0.15) is 29.2 Å². The van der Waals surface area contributed by atoms with Crippen LogP contribution in [0.5, 0.6) is 11.5 Å². The van der Waals surface area contributed by atoms with Crippen LogP contribution in [-0.4, -0.2) is 46.9 Å². The molecule has 34 heavy (non-hydrogen) atoms. The predicted octanol–water partition coefficient (Wildman–Crippen LogP) is 4.62. The number of hydrogen-bond acceptors (Lipinski definition) is 6. The van der Waals surface area contributed by atoms with Crippen LogP contribution in [0.25, 0.3) is 0 Å². The van der Waals surface area contributed by atoms with Crippen LogP contribution in [0.15, 0.2) is 76.7 Å². The number of nitrogens with zero attached hydrogens (tertiary/aromatic N) is 3. The van der Waals surface area contributed by atoms with Crippen molar-refractivity contribution >= 4 is 21.4 Å². The molecule has 4 rings (SSSR count). The Hall–Kier alpha value is -3.52. The highest BCUT2D eigenvalue weighted by molar-refractivity contribution is 7.89. The molecule has 8 heteroatoms. The van der Waals surface area contributed by atoms with Crippen molar-refractivity contribution in [1.82, 2.24) is 4.41 Å². The second-order valence-electron chi connectivity index (χ2n) is 8.44. The number of rotatable bonds is 7. The van der Waals surface area contributed by atoms with Gasteiger partial charge in [-0.15, -0.1) is 0 Å². The Bertz CT molecular complexity index is 1280. The van der Waals surface area contributed by atoms with E-state index < -0.39 is 16.1 Å². The molecule has 0 saturated carbocycles. The van der Waals surface area contributed by atoms with Gasteiger partial charge in [-0.3, -0.25) is 0 Å². The molecule has 0 fully saturated rings. The Balaban J connectivity index is 1.80. The highest BCUT2D eigenvalue weighted by Crippen LogP contribution is 2.38. The molecule has 178 valence electrons. The molecule has 1 heterocycles. The molecule has 0 aromatic heterocycles. The van der Waals surface area contributed by atoms with E-state index in [1.54, 1.807) is 44.6 Å². The predicted molar refractivity (Wildman–Crippen MR) is 134 cm³/mol. The van der Waals surface area contributed by atoms with Crippen molar-refractivity contribution in [3.05, 3.63) is 83.4 Å². The Labute approximate surface area is 201 Å². The van der Waals surface area contributed by atoms with Gasteiger partial charge in [0.1, 0.15) is 11.5 Å². The summed E-state index contributed by atoms with van der Waals surface area (Å²) in [6, 6.07) is 19.7. The molecule has 0 bridgehead atoms. The van der Waals surface area contributed by atoms with E-state index in [-0.39, 0.29) is 4.90 Å². The fourth-order valence-corrected chi connectivity index (χ4v) is 5.35. The maximum Gasteiger partial charge on any atom is 0.279 e. The van der Waals surface area contributed by atoms with Crippen LogP contribution in [0.3, 0.4) is 0 Å².